The minimum Gasteiger partial charge on any atom is -0.472 e. The molecule has 0 spiro atoms. The molecule has 3 aliphatic heterocycles. The standard InChI is InChI=1S/C21H34O14/c1-21(30)4-8(32-19-16(28)14(26)12(24)9(5-22)33-19)7-2-3-31-18(11(7)21)35-20-17(29)15(27)13(25)10(6-23)34-20/h2-3,7-20,22-30H,4-6H2,1H3/t7-,8+,9+,10+,11+,12-,13+,14-,15+,16+,17+,18-,19+,20-,21?/m0/s1. The first-order valence-electron chi connectivity index (χ1n) is 11.5. The van der Waals surface area contributed by atoms with Gasteiger partial charge in [-0.15, -0.1) is 0 Å². The molecular weight excluding hydrogens is 476 g/mol. The molecule has 1 aliphatic carbocycles. The summed E-state index contributed by atoms with van der Waals surface area (Å²) in [6.07, 6.45) is -14.0. The molecule has 1 unspecified atom stereocenters. The molecule has 0 aromatic rings. The highest BCUT2D eigenvalue weighted by atomic mass is 16.8. The number of aliphatic hydroxyl groups excluding tert-OH is 8. The van der Waals surface area contributed by atoms with E-state index in [9.17, 15) is 46.0 Å². The number of hydrogen-bond acceptors (Lipinski definition) is 14. The Morgan fingerprint density at radius 2 is 1.29 bits per heavy atom. The zero-order valence-corrected chi connectivity index (χ0v) is 18.9. The monoisotopic (exact) mass is 510 g/mol. The van der Waals surface area contributed by atoms with Crippen LogP contribution in [0.3, 0.4) is 0 Å². The molecular formula is C21H34O14. The summed E-state index contributed by atoms with van der Waals surface area (Å²) < 4.78 is 28.0. The number of fused-ring (bicyclic) bond motifs is 1. The SMILES string of the molecule is CC1(O)C[C@@H](O[C@@H]2O[C@H](CO)[C@H](O)[C@H](O)[C@H]2O)[C@@H]2C=CO[C@@H](O[C@@H]3O[C@H](CO)[C@@H](O)[C@@H](O)[C@H]3O)[C@@H]21. The Bertz CT molecular complexity index is 746. The van der Waals surface area contributed by atoms with E-state index in [1.807, 2.05) is 0 Å². The Morgan fingerprint density at radius 1 is 0.771 bits per heavy atom. The molecule has 4 rings (SSSR count). The minimum absolute atomic E-state index is 0.0135. The second kappa shape index (κ2) is 10.4. The topological polar surface area (TPSA) is 228 Å². The number of hydrogen-bond donors (Lipinski definition) is 9. The van der Waals surface area contributed by atoms with E-state index in [1.165, 1.54) is 13.2 Å². The lowest BCUT2D eigenvalue weighted by Gasteiger charge is -2.44. The van der Waals surface area contributed by atoms with E-state index in [-0.39, 0.29) is 6.42 Å². The van der Waals surface area contributed by atoms with Gasteiger partial charge in [0.15, 0.2) is 12.6 Å². The van der Waals surface area contributed by atoms with Crippen LogP contribution in [-0.4, -0.2) is 139 Å². The van der Waals surface area contributed by atoms with Gasteiger partial charge in [0.1, 0.15) is 48.8 Å². The maximum absolute atomic E-state index is 11.2. The molecule has 1 saturated carbocycles. The van der Waals surface area contributed by atoms with Gasteiger partial charge in [-0.3, -0.25) is 0 Å². The normalized spacial score (nSPS) is 54.3. The summed E-state index contributed by atoms with van der Waals surface area (Å²) in [6.45, 7) is 0.241. The third kappa shape index (κ3) is 4.96. The largest absolute Gasteiger partial charge is 0.472 e. The van der Waals surface area contributed by atoms with E-state index in [4.69, 9.17) is 23.7 Å². The Hall–Kier alpha value is -0.980. The summed E-state index contributed by atoms with van der Waals surface area (Å²) in [6, 6.07) is 0. The van der Waals surface area contributed by atoms with Gasteiger partial charge in [-0.2, -0.15) is 0 Å². The van der Waals surface area contributed by atoms with Gasteiger partial charge in [0, 0.05) is 12.3 Å². The molecule has 4 aliphatic rings. The maximum Gasteiger partial charge on any atom is 0.207 e. The van der Waals surface area contributed by atoms with E-state index in [1.54, 1.807) is 6.08 Å². The molecule has 3 heterocycles. The molecule has 0 amide bonds. The highest BCUT2D eigenvalue weighted by Gasteiger charge is 2.58. The van der Waals surface area contributed by atoms with Crippen molar-refractivity contribution in [2.24, 2.45) is 11.8 Å². The summed E-state index contributed by atoms with van der Waals surface area (Å²) in [5.41, 5.74) is -1.47. The van der Waals surface area contributed by atoms with E-state index in [2.05, 4.69) is 0 Å². The van der Waals surface area contributed by atoms with Crippen LogP contribution in [0.2, 0.25) is 0 Å². The fourth-order valence-electron chi connectivity index (χ4n) is 5.26. The zero-order chi connectivity index (χ0) is 25.7. The average molecular weight is 510 g/mol. The molecule has 35 heavy (non-hydrogen) atoms. The smallest absolute Gasteiger partial charge is 0.207 e. The fourth-order valence-corrected chi connectivity index (χ4v) is 5.26. The average Bonchev–Trinajstić information content (AvgIpc) is 3.10. The molecule has 14 heteroatoms. The van der Waals surface area contributed by atoms with E-state index < -0.39 is 104 Å². The van der Waals surface area contributed by atoms with Gasteiger partial charge in [-0.25, -0.2) is 0 Å². The molecule has 9 N–H and O–H groups in total. The molecule has 0 aromatic heterocycles. The van der Waals surface area contributed by atoms with Crippen LogP contribution in [-0.2, 0) is 23.7 Å². The molecule has 2 saturated heterocycles. The second-order valence-corrected chi connectivity index (χ2v) is 9.70. The van der Waals surface area contributed by atoms with Crippen LogP contribution in [0.1, 0.15) is 13.3 Å². The second-order valence-electron chi connectivity index (χ2n) is 9.70. The van der Waals surface area contributed by atoms with Crippen molar-refractivity contribution in [3.63, 3.8) is 0 Å². The zero-order valence-electron chi connectivity index (χ0n) is 18.9. The molecule has 15 atom stereocenters. The van der Waals surface area contributed by atoms with Gasteiger partial charge in [0.25, 0.3) is 0 Å². The Balaban J connectivity index is 1.48. The van der Waals surface area contributed by atoms with Crippen LogP contribution in [0.15, 0.2) is 12.3 Å². The van der Waals surface area contributed by atoms with Gasteiger partial charge in [0.2, 0.25) is 6.29 Å². The van der Waals surface area contributed by atoms with Crippen molar-refractivity contribution in [1.82, 2.24) is 0 Å². The van der Waals surface area contributed by atoms with Crippen LogP contribution in [0.4, 0.5) is 0 Å². The predicted molar refractivity (Wildman–Crippen MR) is 110 cm³/mol. The molecule has 3 fully saturated rings. The highest BCUT2D eigenvalue weighted by Crippen LogP contribution is 2.48. The van der Waals surface area contributed by atoms with E-state index in [0.717, 1.165) is 0 Å². The first-order chi connectivity index (χ1) is 16.5. The summed E-state index contributed by atoms with van der Waals surface area (Å²) in [7, 11) is 0. The van der Waals surface area contributed by atoms with Crippen LogP contribution in [0.5, 0.6) is 0 Å². The van der Waals surface area contributed by atoms with Crippen molar-refractivity contribution in [3.05, 3.63) is 12.3 Å². The van der Waals surface area contributed by atoms with Gasteiger partial charge >= 0.3 is 0 Å². The summed E-state index contributed by atoms with van der Waals surface area (Å²) >= 11 is 0. The third-order valence-corrected chi connectivity index (χ3v) is 7.26. The highest BCUT2D eigenvalue weighted by molar-refractivity contribution is 5.11. The van der Waals surface area contributed by atoms with Crippen molar-refractivity contribution >= 4 is 0 Å². The Kier molecular flexibility index (Phi) is 8.05. The van der Waals surface area contributed by atoms with Gasteiger partial charge < -0.3 is 69.6 Å². The number of aliphatic hydroxyl groups is 9. The summed E-state index contributed by atoms with van der Waals surface area (Å²) in [5, 5.41) is 90.6. The molecule has 0 radical (unpaired) electrons. The van der Waals surface area contributed by atoms with Crippen molar-refractivity contribution in [1.29, 1.82) is 0 Å². The van der Waals surface area contributed by atoms with Crippen molar-refractivity contribution in [3.8, 4) is 0 Å². The molecule has 202 valence electrons. The lowest BCUT2D eigenvalue weighted by molar-refractivity contribution is -0.347. The minimum atomic E-state index is -1.67. The van der Waals surface area contributed by atoms with Crippen molar-refractivity contribution < 1.29 is 69.6 Å². The molecule has 0 aromatic carbocycles. The number of rotatable bonds is 6. The van der Waals surface area contributed by atoms with Crippen LogP contribution in [0, 0.1) is 11.8 Å². The Labute approximate surface area is 200 Å². The van der Waals surface area contributed by atoms with Gasteiger partial charge in [-0.05, 0) is 13.0 Å². The third-order valence-electron chi connectivity index (χ3n) is 7.26. The quantitative estimate of drug-likeness (QED) is 0.163. The Morgan fingerprint density at radius 3 is 1.80 bits per heavy atom. The van der Waals surface area contributed by atoms with Crippen molar-refractivity contribution in [2.75, 3.05) is 13.2 Å². The van der Waals surface area contributed by atoms with Crippen LogP contribution >= 0.6 is 0 Å². The molecule has 0 bridgehead atoms. The first-order valence-corrected chi connectivity index (χ1v) is 11.5. The van der Waals surface area contributed by atoms with Crippen LogP contribution < -0.4 is 0 Å². The lowest BCUT2D eigenvalue weighted by atomic mass is 9.85. The lowest BCUT2D eigenvalue weighted by Crippen LogP contribution is -2.60. The molecule has 14 nitrogen and oxygen atoms in total. The van der Waals surface area contributed by atoms with E-state index >= 15 is 0 Å². The summed E-state index contributed by atoms with van der Waals surface area (Å²) in [4.78, 5) is 0. The summed E-state index contributed by atoms with van der Waals surface area (Å²) in [5.74, 6) is -1.37. The van der Waals surface area contributed by atoms with Crippen LogP contribution in [0.25, 0.3) is 0 Å². The first kappa shape index (κ1) is 27.1. The maximum atomic E-state index is 11.2. The van der Waals surface area contributed by atoms with Gasteiger partial charge in [0.05, 0.1) is 37.1 Å². The predicted octanol–water partition coefficient (Wildman–Crippen LogP) is -4.75. The van der Waals surface area contributed by atoms with E-state index in [0.29, 0.717) is 0 Å². The fraction of sp³-hybridized carbons (Fsp3) is 0.905. The van der Waals surface area contributed by atoms with Crippen molar-refractivity contribution in [2.45, 2.75) is 92.8 Å². The van der Waals surface area contributed by atoms with Gasteiger partial charge in [-0.1, -0.05) is 0 Å². The number of ether oxygens (including phenoxy) is 5.